The molecule has 1 aliphatic rings. The number of likely N-dealkylation sites (tertiary alicyclic amines) is 1. The van der Waals surface area contributed by atoms with Gasteiger partial charge in [-0.1, -0.05) is 60.3 Å². The third-order valence-corrected chi connectivity index (χ3v) is 5.89. The first-order valence-electron chi connectivity index (χ1n) is 9.99. The molecule has 0 radical (unpaired) electrons. The molecule has 0 unspecified atom stereocenters. The molecule has 2 aromatic carbocycles. The lowest BCUT2D eigenvalue weighted by Gasteiger charge is -2.14. The number of thioether (sulfide) groups is 1. The van der Waals surface area contributed by atoms with Crippen molar-refractivity contribution in [3.8, 4) is 17.1 Å². The van der Waals surface area contributed by atoms with Gasteiger partial charge in [-0.25, -0.2) is 0 Å². The molecule has 1 N–H and O–H groups in total. The largest absolute Gasteiger partial charge is 0.354 e. The summed E-state index contributed by atoms with van der Waals surface area (Å²) in [6.45, 7) is 3.91. The van der Waals surface area contributed by atoms with E-state index >= 15 is 0 Å². The lowest BCUT2D eigenvalue weighted by molar-refractivity contribution is -0.118. The highest BCUT2D eigenvalue weighted by Crippen LogP contribution is 2.27. The van der Waals surface area contributed by atoms with E-state index in [1.165, 1.54) is 24.6 Å². The summed E-state index contributed by atoms with van der Waals surface area (Å²) in [5, 5.41) is 12.5. The lowest BCUT2D eigenvalue weighted by atomic mass is 10.2. The van der Waals surface area contributed by atoms with Crippen LogP contribution in [0, 0.1) is 0 Å². The minimum atomic E-state index is 0.0260. The zero-order valence-corrected chi connectivity index (χ0v) is 17.1. The Morgan fingerprint density at radius 1 is 0.966 bits per heavy atom. The van der Waals surface area contributed by atoms with Crippen LogP contribution in [0.25, 0.3) is 17.1 Å². The van der Waals surface area contributed by atoms with Gasteiger partial charge in [-0.15, -0.1) is 10.2 Å². The highest BCUT2D eigenvalue weighted by molar-refractivity contribution is 7.99. The number of nitrogens with zero attached hydrogens (tertiary/aromatic N) is 4. The van der Waals surface area contributed by atoms with Crippen molar-refractivity contribution in [2.75, 3.05) is 31.9 Å². The van der Waals surface area contributed by atoms with E-state index in [0.717, 1.165) is 36.7 Å². The summed E-state index contributed by atoms with van der Waals surface area (Å²) in [6, 6.07) is 20.0. The second-order valence-corrected chi connectivity index (χ2v) is 7.97. The van der Waals surface area contributed by atoms with E-state index in [-0.39, 0.29) is 5.91 Å². The van der Waals surface area contributed by atoms with Gasteiger partial charge in [0.2, 0.25) is 5.91 Å². The summed E-state index contributed by atoms with van der Waals surface area (Å²) in [5.74, 6) is 1.12. The summed E-state index contributed by atoms with van der Waals surface area (Å²) in [7, 11) is 0. The van der Waals surface area contributed by atoms with E-state index in [1.54, 1.807) is 0 Å². The van der Waals surface area contributed by atoms with Crippen LogP contribution in [0.4, 0.5) is 0 Å². The first kappa shape index (κ1) is 19.7. The van der Waals surface area contributed by atoms with Crippen molar-refractivity contribution in [2.45, 2.75) is 18.0 Å². The van der Waals surface area contributed by atoms with E-state index < -0.39 is 0 Å². The van der Waals surface area contributed by atoms with Crippen LogP contribution in [0.5, 0.6) is 0 Å². The summed E-state index contributed by atoms with van der Waals surface area (Å²) in [5.41, 5.74) is 1.97. The van der Waals surface area contributed by atoms with E-state index in [4.69, 9.17) is 0 Å². The Bertz CT molecular complexity index is 923. The van der Waals surface area contributed by atoms with Gasteiger partial charge in [0.25, 0.3) is 0 Å². The summed E-state index contributed by atoms with van der Waals surface area (Å²) in [4.78, 5) is 14.7. The fourth-order valence-electron chi connectivity index (χ4n) is 3.49. The molecule has 2 heterocycles. The third kappa shape index (κ3) is 5.05. The van der Waals surface area contributed by atoms with Gasteiger partial charge in [0.15, 0.2) is 11.0 Å². The van der Waals surface area contributed by atoms with E-state index in [9.17, 15) is 4.79 Å². The molecule has 6 nitrogen and oxygen atoms in total. The highest BCUT2D eigenvalue weighted by atomic mass is 32.2. The maximum atomic E-state index is 12.3. The van der Waals surface area contributed by atoms with Gasteiger partial charge in [0.05, 0.1) is 5.75 Å². The Morgan fingerprint density at radius 2 is 1.66 bits per heavy atom. The predicted octanol–water partition coefficient (Wildman–Crippen LogP) is 3.24. The van der Waals surface area contributed by atoms with Crippen LogP contribution in [-0.2, 0) is 4.79 Å². The molecule has 4 rings (SSSR count). The molecule has 0 atom stereocenters. The van der Waals surface area contributed by atoms with Crippen LogP contribution in [0.3, 0.4) is 0 Å². The molecule has 0 aliphatic carbocycles. The lowest BCUT2D eigenvalue weighted by Crippen LogP contribution is -2.34. The van der Waals surface area contributed by atoms with Crippen LogP contribution < -0.4 is 5.32 Å². The number of carbonyl (C=O) groups excluding carboxylic acids is 1. The molecule has 29 heavy (non-hydrogen) atoms. The zero-order valence-electron chi connectivity index (χ0n) is 16.3. The number of hydrogen-bond acceptors (Lipinski definition) is 5. The van der Waals surface area contributed by atoms with Crippen molar-refractivity contribution in [2.24, 2.45) is 0 Å². The smallest absolute Gasteiger partial charge is 0.230 e. The Balaban J connectivity index is 1.44. The average Bonchev–Trinajstić information content (AvgIpc) is 3.43. The summed E-state index contributed by atoms with van der Waals surface area (Å²) in [6.07, 6.45) is 2.53. The molecule has 1 aromatic heterocycles. The molecule has 1 saturated heterocycles. The zero-order chi connectivity index (χ0) is 19.9. The number of hydrogen-bond donors (Lipinski definition) is 1. The number of para-hydroxylation sites is 1. The van der Waals surface area contributed by atoms with Gasteiger partial charge in [0, 0.05) is 24.3 Å². The first-order valence-corrected chi connectivity index (χ1v) is 11.0. The van der Waals surface area contributed by atoms with Gasteiger partial charge in [0.1, 0.15) is 0 Å². The number of amides is 1. The molecule has 0 bridgehead atoms. The minimum absolute atomic E-state index is 0.0260. The quantitative estimate of drug-likeness (QED) is 0.581. The topological polar surface area (TPSA) is 63.1 Å². The molecule has 0 saturated carbocycles. The molecule has 1 amide bonds. The monoisotopic (exact) mass is 407 g/mol. The standard InChI is InChI=1S/C22H25N5OS/c28-20(23-13-16-26-14-7-8-15-26)17-29-22-25-24-21(18-9-3-1-4-10-18)27(22)19-11-5-2-6-12-19/h1-6,9-12H,7-8,13-17H2,(H,23,28). The number of nitrogens with one attached hydrogen (secondary N) is 1. The molecule has 150 valence electrons. The second-order valence-electron chi connectivity index (χ2n) is 7.03. The van der Waals surface area contributed by atoms with Crippen molar-refractivity contribution in [3.05, 3.63) is 60.7 Å². The fourth-order valence-corrected chi connectivity index (χ4v) is 4.27. The normalized spacial score (nSPS) is 14.2. The summed E-state index contributed by atoms with van der Waals surface area (Å²) >= 11 is 1.41. The number of rotatable bonds is 8. The summed E-state index contributed by atoms with van der Waals surface area (Å²) < 4.78 is 2.01. The SMILES string of the molecule is O=C(CSc1nnc(-c2ccccc2)n1-c1ccccc1)NCCN1CCCC1. The average molecular weight is 408 g/mol. The Labute approximate surface area is 175 Å². The van der Waals surface area contributed by atoms with Gasteiger partial charge < -0.3 is 10.2 Å². The highest BCUT2D eigenvalue weighted by Gasteiger charge is 2.17. The predicted molar refractivity (Wildman–Crippen MR) is 116 cm³/mol. The van der Waals surface area contributed by atoms with Crippen LogP contribution in [-0.4, -0.2) is 57.5 Å². The Hall–Kier alpha value is -2.64. The van der Waals surface area contributed by atoms with Crippen molar-refractivity contribution >= 4 is 17.7 Å². The maximum absolute atomic E-state index is 12.3. The van der Waals surface area contributed by atoms with Crippen molar-refractivity contribution in [1.29, 1.82) is 0 Å². The molecule has 1 aliphatic heterocycles. The Kier molecular flexibility index (Phi) is 6.59. The van der Waals surface area contributed by atoms with Crippen LogP contribution in [0.15, 0.2) is 65.8 Å². The van der Waals surface area contributed by atoms with E-state index in [2.05, 4.69) is 20.4 Å². The fraction of sp³-hybridized carbons (Fsp3) is 0.318. The molecular formula is C22H25N5OS. The van der Waals surface area contributed by atoms with Crippen LogP contribution in [0.1, 0.15) is 12.8 Å². The molecule has 0 spiro atoms. The minimum Gasteiger partial charge on any atom is -0.354 e. The van der Waals surface area contributed by atoms with Gasteiger partial charge in [-0.05, 0) is 38.1 Å². The van der Waals surface area contributed by atoms with Crippen molar-refractivity contribution in [1.82, 2.24) is 25.0 Å². The third-order valence-electron chi connectivity index (χ3n) is 4.96. The van der Waals surface area contributed by atoms with Crippen LogP contribution >= 0.6 is 11.8 Å². The second kappa shape index (κ2) is 9.71. The van der Waals surface area contributed by atoms with Crippen molar-refractivity contribution in [3.63, 3.8) is 0 Å². The maximum Gasteiger partial charge on any atom is 0.230 e. The van der Waals surface area contributed by atoms with Crippen molar-refractivity contribution < 1.29 is 4.79 Å². The first-order chi connectivity index (χ1) is 14.3. The molecule has 1 fully saturated rings. The number of aromatic nitrogens is 3. The van der Waals surface area contributed by atoms with Crippen LogP contribution in [0.2, 0.25) is 0 Å². The number of carbonyl (C=O) groups is 1. The molecular weight excluding hydrogens is 382 g/mol. The number of benzene rings is 2. The van der Waals surface area contributed by atoms with E-state index in [0.29, 0.717) is 17.5 Å². The molecule has 7 heteroatoms. The van der Waals surface area contributed by atoms with Gasteiger partial charge in [-0.2, -0.15) is 0 Å². The van der Waals surface area contributed by atoms with E-state index in [1.807, 2.05) is 65.2 Å². The molecule has 3 aromatic rings. The van der Waals surface area contributed by atoms with Gasteiger partial charge >= 0.3 is 0 Å². The Morgan fingerprint density at radius 3 is 2.38 bits per heavy atom. The van der Waals surface area contributed by atoms with Gasteiger partial charge in [-0.3, -0.25) is 9.36 Å².